The number of benzene rings is 1. The lowest BCUT2D eigenvalue weighted by Crippen LogP contribution is -2.55. The average molecular weight is 336 g/mol. The van der Waals surface area contributed by atoms with E-state index in [1.807, 2.05) is 13.8 Å². The molecule has 0 bridgehead atoms. The van der Waals surface area contributed by atoms with Crippen LogP contribution in [0.1, 0.15) is 19.4 Å². The summed E-state index contributed by atoms with van der Waals surface area (Å²) in [5, 5.41) is 3.00. The van der Waals surface area contributed by atoms with Crippen LogP contribution < -0.4 is 10.1 Å². The number of hydrogen-bond donors (Lipinski definition) is 1. The molecule has 0 spiro atoms. The van der Waals surface area contributed by atoms with Gasteiger partial charge in [-0.15, -0.1) is 11.6 Å². The number of ether oxygens (including phenoxy) is 1. The molecule has 1 aromatic rings. The van der Waals surface area contributed by atoms with Crippen molar-refractivity contribution in [2.75, 3.05) is 17.5 Å². The molecule has 0 aliphatic carbocycles. The summed E-state index contributed by atoms with van der Waals surface area (Å²) in [5.74, 6) is 0.152. The largest absolute Gasteiger partial charge is 0.486 e. The van der Waals surface area contributed by atoms with Gasteiger partial charge in [0.05, 0.1) is 17.7 Å². The maximum atomic E-state index is 13.3. The molecule has 0 amide bonds. The molecule has 4 nitrogen and oxygen atoms in total. The lowest BCUT2D eigenvalue weighted by molar-refractivity contribution is 0.0505. The maximum absolute atomic E-state index is 13.3. The zero-order chi connectivity index (χ0) is 15.7. The number of nitrogens with one attached hydrogen (secondary N) is 1. The first kappa shape index (κ1) is 16.5. The summed E-state index contributed by atoms with van der Waals surface area (Å²) in [7, 11) is -3.24. The van der Waals surface area contributed by atoms with Crippen molar-refractivity contribution in [3.05, 3.63) is 29.6 Å². The van der Waals surface area contributed by atoms with E-state index in [-0.39, 0.29) is 29.4 Å². The number of alkyl halides is 1. The second-order valence-corrected chi connectivity index (χ2v) is 8.26. The van der Waals surface area contributed by atoms with Gasteiger partial charge in [0.25, 0.3) is 0 Å². The third-order valence-corrected chi connectivity index (χ3v) is 5.44. The van der Waals surface area contributed by atoms with E-state index < -0.39 is 15.4 Å². The summed E-state index contributed by atoms with van der Waals surface area (Å²) in [4.78, 5) is 0. The zero-order valence-corrected chi connectivity index (χ0v) is 13.6. The van der Waals surface area contributed by atoms with Gasteiger partial charge in [0.15, 0.2) is 9.84 Å². The second-order valence-electron chi connectivity index (χ2n) is 5.70. The van der Waals surface area contributed by atoms with Crippen molar-refractivity contribution < 1.29 is 17.5 Å². The fourth-order valence-electron chi connectivity index (χ4n) is 2.36. The van der Waals surface area contributed by atoms with Crippen LogP contribution in [0.4, 0.5) is 4.39 Å². The van der Waals surface area contributed by atoms with Gasteiger partial charge in [-0.2, -0.15) is 0 Å². The van der Waals surface area contributed by atoms with Crippen molar-refractivity contribution in [2.45, 2.75) is 31.9 Å². The molecule has 21 heavy (non-hydrogen) atoms. The molecular formula is C14H19ClFNO3S. The van der Waals surface area contributed by atoms with E-state index >= 15 is 0 Å². The smallest absolute Gasteiger partial charge is 0.164 e. The summed E-state index contributed by atoms with van der Waals surface area (Å²) < 4.78 is 42.6. The monoisotopic (exact) mass is 335 g/mol. The molecule has 2 rings (SSSR count). The quantitative estimate of drug-likeness (QED) is 0.837. The van der Waals surface area contributed by atoms with E-state index in [9.17, 15) is 12.8 Å². The van der Waals surface area contributed by atoms with Crippen molar-refractivity contribution >= 4 is 21.4 Å². The van der Waals surface area contributed by atoms with Crippen LogP contribution in [0.5, 0.6) is 5.75 Å². The third-order valence-electron chi connectivity index (χ3n) is 3.60. The molecule has 118 valence electrons. The van der Waals surface area contributed by atoms with Gasteiger partial charge >= 0.3 is 0 Å². The number of hydrogen-bond acceptors (Lipinski definition) is 4. The Morgan fingerprint density at radius 3 is 2.86 bits per heavy atom. The SMILES string of the molecule is CC1(C)Oc2ccc(F)cc2CC1NCS(=O)(=O)CCCl. The molecule has 7 heteroatoms. The summed E-state index contributed by atoms with van der Waals surface area (Å²) in [5.41, 5.74) is 0.156. The predicted octanol–water partition coefficient (Wildman–Crippen LogP) is 2.11. The van der Waals surface area contributed by atoms with E-state index in [0.717, 1.165) is 5.56 Å². The van der Waals surface area contributed by atoms with Gasteiger partial charge in [-0.05, 0) is 44.0 Å². The molecule has 1 N–H and O–H groups in total. The van der Waals surface area contributed by atoms with Crippen LogP contribution in [0, 0.1) is 5.82 Å². The van der Waals surface area contributed by atoms with Gasteiger partial charge in [-0.1, -0.05) is 0 Å². The Morgan fingerprint density at radius 2 is 2.19 bits per heavy atom. The van der Waals surface area contributed by atoms with Crippen molar-refractivity contribution in [2.24, 2.45) is 0 Å². The first-order valence-corrected chi connectivity index (χ1v) is 9.06. The van der Waals surface area contributed by atoms with Crippen LogP contribution in [0.25, 0.3) is 0 Å². The number of rotatable bonds is 5. The van der Waals surface area contributed by atoms with Crippen LogP contribution in [0.2, 0.25) is 0 Å². The second kappa shape index (κ2) is 6.10. The zero-order valence-electron chi connectivity index (χ0n) is 12.0. The molecule has 1 unspecified atom stereocenters. The molecule has 1 heterocycles. The topological polar surface area (TPSA) is 55.4 Å². The molecule has 1 aromatic carbocycles. The van der Waals surface area contributed by atoms with Gasteiger partial charge < -0.3 is 4.74 Å². The lowest BCUT2D eigenvalue weighted by Gasteiger charge is -2.40. The van der Waals surface area contributed by atoms with Crippen LogP contribution >= 0.6 is 11.6 Å². The fraction of sp³-hybridized carbons (Fsp3) is 0.571. The van der Waals surface area contributed by atoms with Gasteiger partial charge in [0.2, 0.25) is 0 Å². The highest BCUT2D eigenvalue weighted by Gasteiger charge is 2.37. The van der Waals surface area contributed by atoms with E-state index in [2.05, 4.69) is 5.32 Å². The average Bonchev–Trinajstić information content (AvgIpc) is 2.36. The lowest BCUT2D eigenvalue weighted by atomic mass is 9.89. The van der Waals surface area contributed by atoms with Crippen molar-refractivity contribution in [3.63, 3.8) is 0 Å². The van der Waals surface area contributed by atoms with Crippen LogP contribution in [-0.2, 0) is 16.3 Å². The number of sulfone groups is 1. The summed E-state index contributed by atoms with van der Waals surface area (Å²) in [6.07, 6.45) is 0.510. The minimum Gasteiger partial charge on any atom is -0.486 e. The van der Waals surface area contributed by atoms with Crippen LogP contribution in [-0.4, -0.2) is 37.6 Å². The molecule has 0 fully saturated rings. The van der Waals surface area contributed by atoms with E-state index in [1.165, 1.54) is 12.1 Å². The Morgan fingerprint density at radius 1 is 1.48 bits per heavy atom. The Kier molecular flexibility index (Phi) is 4.80. The highest BCUT2D eigenvalue weighted by Crippen LogP contribution is 2.33. The Balaban J connectivity index is 2.13. The highest BCUT2D eigenvalue weighted by molar-refractivity contribution is 7.91. The highest BCUT2D eigenvalue weighted by atomic mass is 35.5. The molecule has 0 radical (unpaired) electrons. The molecular weight excluding hydrogens is 317 g/mol. The van der Waals surface area contributed by atoms with E-state index in [1.54, 1.807) is 6.07 Å². The van der Waals surface area contributed by atoms with Crippen LogP contribution in [0.3, 0.4) is 0 Å². The van der Waals surface area contributed by atoms with Gasteiger partial charge in [-0.3, -0.25) is 5.32 Å². The summed E-state index contributed by atoms with van der Waals surface area (Å²) in [6, 6.07) is 4.16. The number of fused-ring (bicyclic) bond motifs is 1. The Bertz CT molecular complexity index is 619. The van der Waals surface area contributed by atoms with Gasteiger partial charge in [-0.25, -0.2) is 12.8 Å². The first-order valence-electron chi connectivity index (χ1n) is 6.71. The fourth-order valence-corrected chi connectivity index (χ4v) is 3.90. The molecule has 0 aromatic heterocycles. The van der Waals surface area contributed by atoms with E-state index in [4.69, 9.17) is 16.3 Å². The molecule has 0 saturated carbocycles. The molecule has 1 atom stereocenters. The molecule has 1 aliphatic heterocycles. The Hall–Kier alpha value is -0.850. The minimum atomic E-state index is -3.24. The maximum Gasteiger partial charge on any atom is 0.164 e. The Labute approximate surface area is 129 Å². The molecule has 0 saturated heterocycles. The van der Waals surface area contributed by atoms with Crippen molar-refractivity contribution in [3.8, 4) is 5.75 Å². The number of halogens is 2. The van der Waals surface area contributed by atoms with Crippen molar-refractivity contribution in [1.82, 2.24) is 5.32 Å². The van der Waals surface area contributed by atoms with Gasteiger partial charge in [0, 0.05) is 5.88 Å². The first-order chi connectivity index (χ1) is 9.73. The standard InChI is InChI=1S/C14H19ClFNO3S/c1-14(2)13(17-9-21(18,19)6-5-15)8-10-7-11(16)3-4-12(10)20-14/h3-4,7,13,17H,5-6,8-9H2,1-2H3. The normalized spacial score (nSPS) is 20.7. The third kappa shape index (κ3) is 4.08. The van der Waals surface area contributed by atoms with Crippen LogP contribution in [0.15, 0.2) is 18.2 Å². The predicted molar refractivity (Wildman–Crippen MR) is 81.1 cm³/mol. The molecule has 1 aliphatic rings. The summed E-state index contributed by atoms with van der Waals surface area (Å²) >= 11 is 5.47. The van der Waals surface area contributed by atoms with Crippen molar-refractivity contribution in [1.29, 1.82) is 0 Å². The minimum absolute atomic E-state index is 0.0687. The van der Waals surface area contributed by atoms with E-state index in [0.29, 0.717) is 12.2 Å². The summed E-state index contributed by atoms with van der Waals surface area (Å²) in [6.45, 7) is 3.76. The van der Waals surface area contributed by atoms with Gasteiger partial charge in [0.1, 0.15) is 17.2 Å².